The highest BCUT2D eigenvalue weighted by atomic mass is 16.6. The Morgan fingerprint density at radius 1 is 1.32 bits per heavy atom. The molecular weight excluding hydrogens is 240 g/mol. The van der Waals surface area contributed by atoms with Gasteiger partial charge in [-0.15, -0.1) is 0 Å². The fourth-order valence-electron chi connectivity index (χ4n) is 2.26. The highest BCUT2D eigenvalue weighted by Gasteiger charge is 2.18. The van der Waals surface area contributed by atoms with Gasteiger partial charge < -0.3 is 9.94 Å². The van der Waals surface area contributed by atoms with Crippen molar-refractivity contribution >= 4 is 6.21 Å². The third-order valence-electron chi connectivity index (χ3n) is 3.34. The summed E-state index contributed by atoms with van der Waals surface area (Å²) in [6.45, 7) is 2.46. The summed E-state index contributed by atoms with van der Waals surface area (Å²) in [5.41, 5.74) is 1.04. The number of nitrogens with zero attached hydrogens (tertiary/aromatic N) is 2. The van der Waals surface area contributed by atoms with Crippen molar-refractivity contribution in [3.63, 3.8) is 0 Å². The molecule has 1 fully saturated rings. The van der Waals surface area contributed by atoms with Gasteiger partial charge in [0, 0.05) is 13.1 Å². The summed E-state index contributed by atoms with van der Waals surface area (Å²) in [5.74, 6) is 0. The lowest BCUT2D eigenvalue weighted by Crippen LogP contribution is -2.40. The Kier molecular flexibility index (Phi) is 5.85. The van der Waals surface area contributed by atoms with Crippen LogP contribution in [-0.2, 0) is 4.84 Å². The summed E-state index contributed by atoms with van der Waals surface area (Å²) in [6.07, 6.45) is 5.56. The van der Waals surface area contributed by atoms with Crippen LogP contribution in [0.1, 0.15) is 31.2 Å². The standard InChI is InChI=1S/C15H22N2O2/c18-15-9-4-5-10-17(15)11-6-12-19-16-13-14-7-2-1-3-8-14/h1-3,7-8,13,15,18H,4-6,9-12H2. The van der Waals surface area contributed by atoms with Gasteiger partial charge in [-0.25, -0.2) is 0 Å². The zero-order chi connectivity index (χ0) is 13.3. The van der Waals surface area contributed by atoms with Gasteiger partial charge in [0.25, 0.3) is 0 Å². The maximum absolute atomic E-state index is 9.78. The van der Waals surface area contributed by atoms with E-state index in [0.717, 1.165) is 37.9 Å². The van der Waals surface area contributed by atoms with Crippen molar-refractivity contribution in [2.45, 2.75) is 31.9 Å². The van der Waals surface area contributed by atoms with E-state index in [1.807, 2.05) is 30.3 Å². The minimum Gasteiger partial charge on any atom is -0.396 e. The number of hydrogen-bond donors (Lipinski definition) is 1. The topological polar surface area (TPSA) is 45.1 Å². The Hall–Kier alpha value is -1.39. The molecule has 1 heterocycles. The molecule has 0 bridgehead atoms. The van der Waals surface area contributed by atoms with Gasteiger partial charge in [-0.05, 0) is 31.2 Å². The normalized spacial score (nSPS) is 20.8. The first-order valence-corrected chi connectivity index (χ1v) is 6.99. The Bertz CT molecular complexity index is 381. The van der Waals surface area contributed by atoms with E-state index in [1.54, 1.807) is 6.21 Å². The Morgan fingerprint density at radius 2 is 2.16 bits per heavy atom. The van der Waals surface area contributed by atoms with Crippen molar-refractivity contribution in [1.29, 1.82) is 0 Å². The molecule has 1 unspecified atom stereocenters. The SMILES string of the molecule is OC1CCCCN1CCCON=Cc1ccccc1. The second-order valence-corrected chi connectivity index (χ2v) is 4.84. The van der Waals surface area contributed by atoms with E-state index >= 15 is 0 Å². The van der Waals surface area contributed by atoms with Gasteiger partial charge >= 0.3 is 0 Å². The van der Waals surface area contributed by atoms with E-state index in [0.29, 0.717) is 6.61 Å². The van der Waals surface area contributed by atoms with Crippen LogP contribution >= 0.6 is 0 Å². The lowest BCUT2D eigenvalue weighted by Gasteiger charge is -2.31. The van der Waals surface area contributed by atoms with E-state index in [-0.39, 0.29) is 6.23 Å². The molecule has 19 heavy (non-hydrogen) atoms. The molecule has 4 heteroatoms. The number of oxime groups is 1. The maximum atomic E-state index is 9.78. The number of benzene rings is 1. The summed E-state index contributed by atoms with van der Waals surface area (Å²) in [4.78, 5) is 7.34. The second kappa shape index (κ2) is 7.92. The van der Waals surface area contributed by atoms with Crippen LogP contribution in [0.2, 0.25) is 0 Å². The molecule has 4 nitrogen and oxygen atoms in total. The van der Waals surface area contributed by atoms with Crippen molar-refractivity contribution in [2.24, 2.45) is 5.16 Å². The third-order valence-corrected chi connectivity index (χ3v) is 3.34. The van der Waals surface area contributed by atoms with E-state index in [9.17, 15) is 5.11 Å². The smallest absolute Gasteiger partial charge is 0.118 e. The van der Waals surface area contributed by atoms with Crippen LogP contribution in [0.4, 0.5) is 0 Å². The number of hydrogen-bond acceptors (Lipinski definition) is 4. The Labute approximate surface area is 114 Å². The molecule has 104 valence electrons. The summed E-state index contributed by atoms with van der Waals surface area (Å²) in [7, 11) is 0. The van der Waals surface area contributed by atoms with Gasteiger partial charge in [0.1, 0.15) is 12.8 Å². The second-order valence-electron chi connectivity index (χ2n) is 4.84. The number of likely N-dealkylation sites (tertiary alicyclic amines) is 1. The molecule has 1 aliphatic rings. The predicted molar refractivity (Wildman–Crippen MR) is 76.0 cm³/mol. The van der Waals surface area contributed by atoms with Crippen LogP contribution in [0, 0.1) is 0 Å². The molecule has 0 radical (unpaired) electrons. The molecule has 1 N–H and O–H groups in total. The third kappa shape index (κ3) is 5.01. The molecule has 0 spiro atoms. The molecule has 2 rings (SSSR count). The lowest BCUT2D eigenvalue weighted by molar-refractivity contribution is -0.0277. The Balaban J connectivity index is 1.58. The van der Waals surface area contributed by atoms with Gasteiger partial charge in [-0.2, -0.15) is 0 Å². The van der Waals surface area contributed by atoms with Crippen LogP contribution in [0.5, 0.6) is 0 Å². The molecule has 1 aliphatic heterocycles. The van der Waals surface area contributed by atoms with Gasteiger partial charge in [-0.3, -0.25) is 4.90 Å². The largest absolute Gasteiger partial charge is 0.396 e. The van der Waals surface area contributed by atoms with Crippen LogP contribution in [-0.4, -0.2) is 42.1 Å². The molecule has 1 saturated heterocycles. The first-order chi connectivity index (χ1) is 9.36. The molecule has 0 amide bonds. The fraction of sp³-hybridized carbons (Fsp3) is 0.533. The molecule has 0 aromatic heterocycles. The highest BCUT2D eigenvalue weighted by Crippen LogP contribution is 2.14. The van der Waals surface area contributed by atoms with Crippen molar-refractivity contribution in [2.75, 3.05) is 19.7 Å². The zero-order valence-electron chi connectivity index (χ0n) is 11.2. The van der Waals surface area contributed by atoms with Gasteiger partial charge in [-0.1, -0.05) is 35.5 Å². The molecular formula is C15H22N2O2. The average molecular weight is 262 g/mol. The highest BCUT2D eigenvalue weighted by molar-refractivity contribution is 5.78. The Morgan fingerprint density at radius 3 is 2.95 bits per heavy atom. The van der Waals surface area contributed by atoms with Gasteiger partial charge in [0.05, 0.1) is 6.21 Å². The van der Waals surface area contributed by atoms with Gasteiger partial charge in [0.2, 0.25) is 0 Å². The van der Waals surface area contributed by atoms with E-state index < -0.39 is 0 Å². The first-order valence-electron chi connectivity index (χ1n) is 6.99. The molecule has 0 aliphatic carbocycles. The fourth-order valence-corrected chi connectivity index (χ4v) is 2.26. The first kappa shape index (κ1) is 14.0. The minimum absolute atomic E-state index is 0.262. The van der Waals surface area contributed by atoms with E-state index in [1.165, 1.54) is 6.42 Å². The minimum atomic E-state index is -0.262. The monoisotopic (exact) mass is 262 g/mol. The number of piperidine rings is 1. The lowest BCUT2D eigenvalue weighted by atomic mass is 10.1. The molecule has 1 aromatic carbocycles. The van der Waals surface area contributed by atoms with E-state index in [2.05, 4.69) is 10.1 Å². The van der Waals surface area contributed by atoms with Crippen molar-refractivity contribution in [3.8, 4) is 0 Å². The van der Waals surface area contributed by atoms with Crippen LogP contribution in [0.25, 0.3) is 0 Å². The molecule has 1 aromatic rings. The predicted octanol–water partition coefficient (Wildman–Crippen LogP) is 2.23. The van der Waals surface area contributed by atoms with Crippen molar-refractivity contribution in [3.05, 3.63) is 35.9 Å². The quantitative estimate of drug-likeness (QED) is 0.486. The summed E-state index contributed by atoms with van der Waals surface area (Å²) < 4.78 is 0. The van der Waals surface area contributed by atoms with Crippen molar-refractivity contribution < 1.29 is 9.94 Å². The number of aliphatic hydroxyl groups excluding tert-OH is 1. The van der Waals surface area contributed by atoms with Crippen molar-refractivity contribution in [1.82, 2.24) is 4.90 Å². The van der Waals surface area contributed by atoms with Crippen LogP contribution < -0.4 is 0 Å². The summed E-state index contributed by atoms with van der Waals surface area (Å²) in [6, 6.07) is 9.88. The molecule has 0 saturated carbocycles. The molecule has 1 atom stereocenters. The average Bonchev–Trinajstić information content (AvgIpc) is 2.45. The summed E-state index contributed by atoms with van der Waals surface area (Å²) >= 11 is 0. The van der Waals surface area contributed by atoms with Crippen LogP contribution in [0.3, 0.4) is 0 Å². The zero-order valence-corrected chi connectivity index (χ0v) is 11.2. The van der Waals surface area contributed by atoms with Gasteiger partial charge in [0.15, 0.2) is 0 Å². The maximum Gasteiger partial charge on any atom is 0.118 e. The number of rotatable bonds is 6. The summed E-state index contributed by atoms with van der Waals surface area (Å²) in [5, 5.41) is 13.7. The van der Waals surface area contributed by atoms with E-state index in [4.69, 9.17) is 4.84 Å². The van der Waals surface area contributed by atoms with Crippen LogP contribution in [0.15, 0.2) is 35.5 Å². The number of aliphatic hydroxyl groups is 1.